The van der Waals surface area contributed by atoms with Gasteiger partial charge in [-0.05, 0) is 24.1 Å². The number of carboxylic acids is 1. The van der Waals surface area contributed by atoms with Gasteiger partial charge >= 0.3 is 5.97 Å². The molecule has 1 aromatic rings. The van der Waals surface area contributed by atoms with Gasteiger partial charge in [-0.25, -0.2) is 8.42 Å². The van der Waals surface area contributed by atoms with Crippen LogP contribution in [0.25, 0.3) is 0 Å². The summed E-state index contributed by atoms with van der Waals surface area (Å²) in [7, 11) is -2.20. The van der Waals surface area contributed by atoms with E-state index in [4.69, 9.17) is 9.84 Å². The van der Waals surface area contributed by atoms with Gasteiger partial charge in [0, 0.05) is 26.0 Å². The zero-order chi connectivity index (χ0) is 15.0. The molecule has 7 nitrogen and oxygen atoms in total. The number of aliphatic carboxylic acids is 1. The normalized spacial score (nSPS) is 11.7. The van der Waals surface area contributed by atoms with Crippen LogP contribution in [0, 0.1) is 0 Å². The third-order valence-corrected chi connectivity index (χ3v) is 4.47. The van der Waals surface area contributed by atoms with Crippen LogP contribution in [0.2, 0.25) is 0 Å². The van der Waals surface area contributed by atoms with E-state index < -0.39 is 22.5 Å². The molecular formula is C12H18N2O5S. The molecule has 0 bridgehead atoms. The third-order valence-electron chi connectivity index (χ3n) is 2.65. The van der Waals surface area contributed by atoms with Gasteiger partial charge in [-0.15, -0.1) is 0 Å². The lowest BCUT2D eigenvalue weighted by molar-refractivity contribution is -0.137. The molecular weight excluding hydrogens is 284 g/mol. The Morgan fingerprint density at radius 1 is 1.40 bits per heavy atom. The Bertz CT molecular complexity index is 518. The minimum atomic E-state index is -3.64. The molecule has 0 spiro atoms. The van der Waals surface area contributed by atoms with E-state index in [2.05, 4.69) is 4.98 Å². The monoisotopic (exact) mass is 302 g/mol. The van der Waals surface area contributed by atoms with E-state index >= 15 is 0 Å². The average Bonchev–Trinajstić information content (AvgIpc) is 2.42. The summed E-state index contributed by atoms with van der Waals surface area (Å²) in [5.41, 5.74) is 0.839. The molecule has 0 aromatic carbocycles. The fourth-order valence-corrected chi connectivity index (χ4v) is 3.00. The number of carboxylic acid groups (broad SMARTS) is 1. The highest BCUT2D eigenvalue weighted by molar-refractivity contribution is 7.89. The molecule has 0 radical (unpaired) electrons. The highest BCUT2D eigenvalue weighted by Gasteiger charge is 2.23. The lowest BCUT2D eigenvalue weighted by atomic mass is 10.2. The lowest BCUT2D eigenvalue weighted by Crippen LogP contribution is -2.39. The van der Waals surface area contributed by atoms with Gasteiger partial charge in [0.1, 0.15) is 6.54 Å². The maximum absolute atomic E-state index is 12.1. The van der Waals surface area contributed by atoms with Crippen molar-refractivity contribution in [3.63, 3.8) is 0 Å². The van der Waals surface area contributed by atoms with Gasteiger partial charge in [0.05, 0.1) is 12.4 Å². The first-order valence-electron chi connectivity index (χ1n) is 6.03. The molecule has 0 saturated heterocycles. The number of carbonyl (C=O) groups is 1. The first-order chi connectivity index (χ1) is 9.45. The van der Waals surface area contributed by atoms with Crippen molar-refractivity contribution in [1.29, 1.82) is 0 Å². The van der Waals surface area contributed by atoms with Crippen molar-refractivity contribution in [2.24, 2.45) is 0 Å². The first kappa shape index (κ1) is 16.5. The van der Waals surface area contributed by atoms with Gasteiger partial charge in [-0.1, -0.05) is 0 Å². The van der Waals surface area contributed by atoms with Crippen LogP contribution in [-0.4, -0.2) is 61.3 Å². The molecule has 0 aliphatic heterocycles. The summed E-state index contributed by atoms with van der Waals surface area (Å²) in [5, 5.41) is 8.78. The second kappa shape index (κ2) is 7.93. The quantitative estimate of drug-likeness (QED) is 0.689. The van der Waals surface area contributed by atoms with Gasteiger partial charge in [-0.3, -0.25) is 9.78 Å². The molecule has 0 fully saturated rings. The number of aromatic nitrogens is 1. The summed E-state index contributed by atoms with van der Waals surface area (Å²) in [4.78, 5) is 14.6. The summed E-state index contributed by atoms with van der Waals surface area (Å²) < 4.78 is 30.0. The molecule has 8 heteroatoms. The predicted octanol–water partition coefficient (Wildman–Crippen LogP) is -0.0131. The van der Waals surface area contributed by atoms with Crippen LogP contribution >= 0.6 is 0 Å². The van der Waals surface area contributed by atoms with E-state index in [-0.39, 0.29) is 18.9 Å². The second-order valence-corrected chi connectivity index (χ2v) is 6.23. The summed E-state index contributed by atoms with van der Waals surface area (Å²) in [6.45, 7) is -0.370. The Morgan fingerprint density at radius 3 is 2.60 bits per heavy atom. The van der Waals surface area contributed by atoms with Crippen LogP contribution in [-0.2, 0) is 26.0 Å². The summed E-state index contributed by atoms with van der Waals surface area (Å²) in [6.07, 6.45) is 3.48. The predicted molar refractivity (Wildman–Crippen MR) is 72.8 cm³/mol. The Kier molecular flexibility index (Phi) is 6.56. The number of ether oxygens (including phenoxy) is 1. The number of hydrogen-bond acceptors (Lipinski definition) is 5. The lowest BCUT2D eigenvalue weighted by Gasteiger charge is -2.19. The maximum atomic E-state index is 12.1. The Hall–Kier alpha value is -1.51. The molecule has 0 amide bonds. The number of nitrogens with zero attached hydrogens (tertiary/aromatic N) is 2. The molecule has 112 valence electrons. The number of pyridine rings is 1. The SMILES string of the molecule is COCCN(CC(=O)O)S(=O)(=O)CCc1ccncc1. The van der Waals surface area contributed by atoms with Crippen LogP contribution in [0.1, 0.15) is 5.56 Å². The van der Waals surface area contributed by atoms with E-state index in [1.165, 1.54) is 7.11 Å². The fourth-order valence-electron chi connectivity index (χ4n) is 1.59. The zero-order valence-electron chi connectivity index (χ0n) is 11.2. The molecule has 20 heavy (non-hydrogen) atoms. The van der Waals surface area contributed by atoms with E-state index in [0.717, 1.165) is 9.87 Å². The highest BCUT2D eigenvalue weighted by Crippen LogP contribution is 2.06. The van der Waals surface area contributed by atoms with Gasteiger partial charge in [-0.2, -0.15) is 4.31 Å². The standard InChI is InChI=1S/C12H18N2O5S/c1-19-8-7-14(10-12(15)16)20(17,18)9-4-11-2-5-13-6-3-11/h2-3,5-6H,4,7-10H2,1H3,(H,15,16). The Labute approximate surface area is 118 Å². The topological polar surface area (TPSA) is 96.8 Å². The molecule has 1 heterocycles. The van der Waals surface area contributed by atoms with E-state index in [1.807, 2.05) is 0 Å². The maximum Gasteiger partial charge on any atom is 0.318 e. The van der Waals surface area contributed by atoms with Crippen molar-refractivity contribution in [1.82, 2.24) is 9.29 Å². The molecule has 0 aliphatic carbocycles. The Balaban J connectivity index is 2.69. The molecule has 1 N–H and O–H groups in total. The number of hydrogen-bond donors (Lipinski definition) is 1. The van der Waals surface area contributed by atoms with Crippen LogP contribution < -0.4 is 0 Å². The van der Waals surface area contributed by atoms with Crippen molar-refractivity contribution < 1.29 is 23.1 Å². The van der Waals surface area contributed by atoms with Gasteiger partial charge in [0.2, 0.25) is 10.0 Å². The molecule has 0 aliphatic rings. The van der Waals surface area contributed by atoms with Crippen molar-refractivity contribution >= 4 is 16.0 Å². The van der Waals surface area contributed by atoms with Gasteiger partial charge < -0.3 is 9.84 Å². The third kappa shape index (κ3) is 5.64. The van der Waals surface area contributed by atoms with Crippen molar-refractivity contribution in [3.05, 3.63) is 30.1 Å². The van der Waals surface area contributed by atoms with Crippen molar-refractivity contribution in [3.8, 4) is 0 Å². The van der Waals surface area contributed by atoms with Gasteiger partial charge in [0.15, 0.2) is 0 Å². The fraction of sp³-hybridized carbons (Fsp3) is 0.500. The Morgan fingerprint density at radius 2 is 2.05 bits per heavy atom. The van der Waals surface area contributed by atoms with E-state index in [9.17, 15) is 13.2 Å². The minimum absolute atomic E-state index is 0.0292. The number of rotatable bonds is 9. The molecule has 1 aromatic heterocycles. The van der Waals surface area contributed by atoms with E-state index in [1.54, 1.807) is 24.5 Å². The van der Waals surface area contributed by atoms with Crippen molar-refractivity contribution in [2.75, 3.05) is 32.6 Å². The van der Waals surface area contributed by atoms with Crippen LogP contribution in [0.3, 0.4) is 0 Å². The second-order valence-electron chi connectivity index (χ2n) is 4.14. The zero-order valence-corrected chi connectivity index (χ0v) is 12.0. The first-order valence-corrected chi connectivity index (χ1v) is 7.64. The highest BCUT2D eigenvalue weighted by atomic mass is 32.2. The molecule has 0 unspecified atom stereocenters. The largest absolute Gasteiger partial charge is 0.480 e. The molecule has 1 rings (SSSR count). The van der Waals surface area contributed by atoms with Crippen LogP contribution in [0.15, 0.2) is 24.5 Å². The summed E-state index contributed by atoms with van der Waals surface area (Å²) in [5.74, 6) is -1.33. The van der Waals surface area contributed by atoms with Crippen LogP contribution in [0.5, 0.6) is 0 Å². The summed E-state index contributed by atoms with van der Waals surface area (Å²) in [6, 6.07) is 3.46. The number of sulfonamides is 1. The molecule has 0 atom stereocenters. The number of methoxy groups -OCH3 is 1. The van der Waals surface area contributed by atoms with Gasteiger partial charge in [0.25, 0.3) is 0 Å². The van der Waals surface area contributed by atoms with E-state index in [0.29, 0.717) is 6.42 Å². The summed E-state index contributed by atoms with van der Waals surface area (Å²) >= 11 is 0. The molecule has 0 saturated carbocycles. The smallest absolute Gasteiger partial charge is 0.318 e. The number of aryl methyl sites for hydroxylation is 1. The average molecular weight is 302 g/mol. The minimum Gasteiger partial charge on any atom is -0.480 e. The van der Waals surface area contributed by atoms with Crippen molar-refractivity contribution in [2.45, 2.75) is 6.42 Å². The van der Waals surface area contributed by atoms with Crippen LogP contribution in [0.4, 0.5) is 0 Å².